The molecule has 1 saturated heterocycles. The molecule has 2 rings (SSSR count). The van der Waals surface area contributed by atoms with Gasteiger partial charge in [0.05, 0.1) is 19.8 Å². The summed E-state index contributed by atoms with van der Waals surface area (Å²) in [7, 11) is 2.11. The number of benzene rings is 1. The minimum atomic E-state index is -0.580. The fourth-order valence-electron chi connectivity index (χ4n) is 2.27. The second-order valence-corrected chi connectivity index (χ2v) is 4.91. The van der Waals surface area contributed by atoms with Crippen LogP contribution in [0.3, 0.4) is 0 Å². The summed E-state index contributed by atoms with van der Waals surface area (Å²) < 4.78 is 12.1. The van der Waals surface area contributed by atoms with Gasteiger partial charge in [-0.25, -0.2) is 0 Å². The van der Waals surface area contributed by atoms with Gasteiger partial charge in [0, 0.05) is 12.1 Å². The molecule has 0 radical (unpaired) electrons. The predicted octanol–water partition coefficient (Wildman–Crippen LogP) is 2.62. The van der Waals surface area contributed by atoms with Crippen molar-refractivity contribution in [3.05, 3.63) is 35.9 Å². The molecule has 1 heterocycles. The average molecular weight is 249 g/mol. The average Bonchev–Trinajstić information content (AvgIpc) is 2.40. The number of morpholine rings is 1. The summed E-state index contributed by atoms with van der Waals surface area (Å²) in [5.74, 6) is -0.580. The Morgan fingerprint density at radius 1 is 1.33 bits per heavy atom. The lowest BCUT2D eigenvalue weighted by molar-refractivity contribution is -0.274. The Kier molecular flexibility index (Phi) is 4.75. The Bertz CT molecular complexity index is 355. The number of ether oxygens (including phenoxy) is 2. The van der Waals surface area contributed by atoms with Gasteiger partial charge >= 0.3 is 0 Å². The molecule has 3 heteroatoms. The van der Waals surface area contributed by atoms with Gasteiger partial charge in [-0.1, -0.05) is 43.7 Å². The van der Waals surface area contributed by atoms with Crippen LogP contribution < -0.4 is 0 Å². The van der Waals surface area contributed by atoms with Crippen LogP contribution in [0.1, 0.15) is 25.3 Å². The maximum absolute atomic E-state index is 6.10. The predicted molar refractivity (Wildman–Crippen MR) is 72.4 cm³/mol. The second-order valence-electron chi connectivity index (χ2n) is 4.91. The van der Waals surface area contributed by atoms with Crippen molar-refractivity contribution in [1.82, 2.24) is 4.90 Å². The van der Waals surface area contributed by atoms with E-state index in [1.54, 1.807) is 0 Å². The third-order valence-corrected chi connectivity index (χ3v) is 3.33. The highest BCUT2D eigenvalue weighted by molar-refractivity contribution is 5.21. The monoisotopic (exact) mass is 249 g/mol. The summed E-state index contributed by atoms with van der Waals surface area (Å²) in [6.07, 6.45) is 2.21. The lowest BCUT2D eigenvalue weighted by Crippen LogP contribution is -2.50. The Hall–Kier alpha value is -0.900. The Labute approximate surface area is 110 Å². The minimum absolute atomic E-state index is 0.580. The molecule has 0 spiro atoms. The summed E-state index contributed by atoms with van der Waals surface area (Å²) in [5, 5.41) is 0. The van der Waals surface area contributed by atoms with Gasteiger partial charge in [-0.2, -0.15) is 0 Å². The largest absolute Gasteiger partial charge is 0.345 e. The molecule has 0 saturated carbocycles. The summed E-state index contributed by atoms with van der Waals surface area (Å²) in [4.78, 5) is 2.27. The molecule has 0 aromatic heterocycles. The molecule has 1 aliphatic heterocycles. The third kappa shape index (κ3) is 3.10. The number of hydrogen-bond acceptors (Lipinski definition) is 3. The van der Waals surface area contributed by atoms with Crippen LogP contribution in [-0.4, -0.2) is 38.3 Å². The van der Waals surface area contributed by atoms with Crippen molar-refractivity contribution in [2.45, 2.75) is 25.6 Å². The van der Waals surface area contributed by atoms with E-state index in [4.69, 9.17) is 9.47 Å². The highest BCUT2D eigenvalue weighted by atomic mass is 16.7. The van der Waals surface area contributed by atoms with E-state index in [2.05, 4.69) is 31.0 Å². The quantitative estimate of drug-likeness (QED) is 0.749. The van der Waals surface area contributed by atoms with Crippen LogP contribution in [0.5, 0.6) is 0 Å². The maximum Gasteiger partial charge on any atom is 0.208 e. The van der Waals surface area contributed by atoms with Gasteiger partial charge in [-0.05, 0) is 13.5 Å². The van der Waals surface area contributed by atoms with Crippen LogP contribution in [0.2, 0.25) is 0 Å². The Morgan fingerprint density at radius 2 is 2.11 bits per heavy atom. The first-order chi connectivity index (χ1) is 8.77. The molecule has 100 valence electrons. The second kappa shape index (κ2) is 6.32. The first kappa shape index (κ1) is 13.5. The fraction of sp³-hybridized carbons (Fsp3) is 0.600. The molecule has 3 nitrogen and oxygen atoms in total. The van der Waals surface area contributed by atoms with Crippen molar-refractivity contribution in [1.29, 1.82) is 0 Å². The van der Waals surface area contributed by atoms with Crippen molar-refractivity contribution in [2.24, 2.45) is 0 Å². The number of unbranched alkanes of at least 4 members (excludes halogenated alkanes) is 1. The minimum Gasteiger partial charge on any atom is -0.345 e. The topological polar surface area (TPSA) is 21.7 Å². The first-order valence-corrected chi connectivity index (χ1v) is 6.79. The van der Waals surface area contributed by atoms with Gasteiger partial charge in [0.2, 0.25) is 5.79 Å². The van der Waals surface area contributed by atoms with E-state index in [1.807, 2.05) is 18.2 Å². The molecule has 1 aromatic rings. The lowest BCUT2D eigenvalue weighted by Gasteiger charge is -2.41. The lowest BCUT2D eigenvalue weighted by atomic mass is 10.0. The number of nitrogens with zero attached hydrogens (tertiary/aromatic N) is 1. The summed E-state index contributed by atoms with van der Waals surface area (Å²) >= 11 is 0. The van der Waals surface area contributed by atoms with E-state index in [0.29, 0.717) is 0 Å². The molecule has 1 unspecified atom stereocenters. The van der Waals surface area contributed by atoms with Crippen LogP contribution in [0.4, 0.5) is 0 Å². The first-order valence-electron chi connectivity index (χ1n) is 6.79. The van der Waals surface area contributed by atoms with Gasteiger partial charge in [0.1, 0.15) is 0 Å². The van der Waals surface area contributed by atoms with Crippen molar-refractivity contribution in [2.75, 3.05) is 33.4 Å². The highest BCUT2D eigenvalue weighted by Crippen LogP contribution is 2.31. The molecule has 0 N–H and O–H groups in total. The van der Waals surface area contributed by atoms with Gasteiger partial charge in [-0.3, -0.25) is 4.90 Å². The molecule has 18 heavy (non-hydrogen) atoms. The smallest absolute Gasteiger partial charge is 0.208 e. The molecule has 1 atom stereocenters. The van der Waals surface area contributed by atoms with Crippen LogP contribution in [0.15, 0.2) is 30.3 Å². The van der Waals surface area contributed by atoms with Crippen LogP contribution in [-0.2, 0) is 15.3 Å². The van der Waals surface area contributed by atoms with E-state index in [-0.39, 0.29) is 0 Å². The standard InChI is InChI=1S/C15H23NO2/c1-3-4-11-17-15(13-16(2)10-12-18-15)14-8-6-5-7-9-14/h5-9H,3-4,10-13H2,1-2H3. The van der Waals surface area contributed by atoms with E-state index >= 15 is 0 Å². The summed E-state index contributed by atoms with van der Waals surface area (Å²) in [5.41, 5.74) is 1.12. The van der Waals surface area contributed by atoms with Crippen LogP contribution >= 0.6 is 0 Å². The third-order valence-electron chi connectivity index (χ3n) is 3.33. The van der Waals surface area contributed by atoms with Crippen molar-refractivity contribution in [3.8, 4) is 0 Å². The zero-order valence-electron chi connectivity index (χ0n) is 11.4. The molecule has 1 fully saturated rings. The van der Waals surface area contributed by atoms with E-state index in [0.717, 1.165) is 44.7 Å². The molecule has 0 bridgehead atoms. The zero-order valence-corrected chi connectivity index (χ0v) is 11.4. The Balaban J connectivity index is 2.16. The van der Waals surface area contributed by atoms with Crippen LogP contribution in [0, 0.1) is 0 Å². The normalized spacial score (nSPS) is 25.2. The molecule has 1 aromatic carbocycles. The molecular weight excluding hydrogens is 226 g/mol. The maximum atomic E-state index is 6.10. The number of hydrogen-bond donors (Lipinski definition) is 0. The molecule has 1 aliphatic rings. The van der Waals surface area contributed by atoms with E-state index in [1.165, 1.54) is 0 Å². The van der Waals surface area contributed by atoms with Gasteiger partial charge in [0.25, 0.3) is 0 Å². The number of likely N-dealkylation sites (N-methyl/N-ethyl adjacent to an activating group) is 1. The molecule has 0 amide bonds. The highest BCUT2D eigenvalue weighted by Gasteiger charge is 2.38. The van der Waals surface area contributed by atoms with Gasteiger partial charge in [0.15, 0.2) is 0 Å². The molecule has 0 aliphatic carbocycles. The molecular formula is C15H23NO2. The van der Waals surface area contributed by atoms with Gasteiger partial charge in [-0.15, -0.1) is 0 Å². The summed E-state index contributed by atoms with van der Waals surface area (Å²) in [6, 6.07) is 10.3. The van der Waals surface area contributed by atoms with Crippen molar-refractivity contribution < 1.29 is 9.47 Å². The van der Waals surface area contributed by atoms with E-state index < -0.39 is 5.79 Å². The zero-order chi connectivity index (χ0) is 12.8. The van der Waals surface area contributed by atoms with Crippen LogP contribution in [0.25, 0.3) is 0 Å². The van der Waals surface area contributed by atoms with Gasteiger partial charge < -0.3 is 9.47 Å². The fourth-order valence-corrected chi connectivity index (χ4v) is 2.27. The summed E-state index contributed by atoms with van der Waals surface area (Å²) in [6.45, 7) is 5.40. The Morgan fingerprint density at radius 3 is 2.78 bits per heavy atom. The number of rotatable bonds is 5. The SMILES string of the molecule is CCCCOC1(c2ccccc2)CN(C)CCO1. The van der Waals surface area contributed by atoms with Crippen molar-refractivity contribution >= 4 is 0 Å². The van der Waals surface area contributed by atoms with E-state index in [9.17, 15) is 0 Å². The van der Waals surface area contributed by atoms with Crippen molar-refractivity contribution in [3.63, 3.8) is 0 Å².